The highest BCUT2D eigenvalue weighted by Gasteiger charge is 2.22. The lowest BCUT2D eigenvalue weighted by Gasteiger charge is -2.09. The lowest BCUT2D eigenvalue weighted by Crippen LogP contribution is -2.34. The van der Waals surface area contributed by atoms with Gasteiger partial charge in [-0.15, -0.1) is 11.3 Å². The summed E-state index contributed by atoms with van der Waals surface area (Å²) in [7, 11) is 0. The molecule has 0 aliphatic heterocycles. The van der Waals surface area contributed by atoms with E-state index in [0.29, 0.717) is 18.4 Å². The first-order valence-corrected chi connectivity index (χ1v) is 9.09. The molecule has 1 amide bonds. The van der Waals surface area contributed by atoms with Gasteiger partial charge in [-0.2, -0.15) is 5.26 Å². The van der Waals surface area contributed by atoms with Crippen molar-refractivity contribution in [2.24, 2.45) is 0 Å². The molecule has 2 N–H and O–H groups in total. The molecular formula is C18H17N3OS2. The van der Waals surface area contributed by atoms with E-state index >= 15 is 0 Å². The van der Waals surface area contributed by atoms with Crippen molar-refractivity contribution in [3.8, 4) is 6.07 Å². The molecule has 0 spiro atoms. The third kappa shape index (κ3) is 3.81. The predicted molar refractivity (Wildman–Crippen MR) is 100 cm³/mol. The fourth-order valence-corrected chi connectivity index (χ4v) is 4.36. The van der Waals surface area contributed by atoms with Crippen LogP contribution in [0.15, 0.2) is 30.3 Å². The second kappa shape index (κ2) is 7.56. The van der Waals surface area contributed by atoms with E-state index in [1.807, 2.05) is 30.3 Å². The average molecular weight is 355 g/mol. The van der Waals surface area contributed by atoms with Gasteiger partial charge in [0.05, 0.1) is 5.56 Å². The van der Waals surface area contributed by atoms with E-state index < -0.39 is 0 Å². The van der Waals surface area contributed by atoms with Crippen LogP contribution in [0.3, 0.4) is 0 Å². The Morgan fingerprint density at radius 3 is 2.83 bits per heavy atom. The zero-order chi connectivity index (χ0) is 16.9. The molecule has 122 valence electrons. The lowest BCUT2D eigenvalue weighted by atomic mass is 10.1. The number of hydrogen-bond donors (Lipinski definition) is 2. The van der Waals surface area contributed by atoms with Crippen LogP contribution in [0.1, 0.15) is 34.4 Å². The highest BCUT2D eigenvalue weighted by molar-refractivity contribution is 7.80. The molecule has 1 aliphatic rings. The van der Waals surface area contributed by atoms with Gasteiger partial charge in [-0.1, -0.05) is 30.3 Å². The van der Waals surface area contributed by atoms with Crippen LogP contribution in [-0.2, 0) is 24.1 Å². The van der Waals surface area contributed by atoms with Crippen molar-refractivity contribution in [1.29, 1.82) is 5.26 Å². The maximum Gasteiger partial charge on any atom is 0.226 e. The van der Waals surface area contributed by atoms with Gasteiger partial charge < -0.3 is 10.6 Å². The molecule has 0 unspecified atom stereocenters. The highest BCUT2D eigenvalue weighted by Crippen LogP contribution is 2.38. The van der Waals surface area contributed by atoms with E-state index in [1.54, 1.807) is 11.3 Å². The average Bonchev–Trinajstić information content (AvgIpc) is 3.14. The number of thiophene rings is 1. The lowest BCUT2D eigenvalue weighted by molar-refractivity contribution is -0.119. The summed E-state index contributed by atoms with van der Waals surface area (Å²) >= 11 is 6.78. The van der Waals surface area contributed by atoms with Gasteiger partial charge in [0.25, 0.3) is 0 Å². The van der Waals surface area contributed by atoms with Crippen molar-refractivity contribution in [3.63, 3.8) is 0 Å². The summed E-state index contributed by atoms with van der Waals surface area (Å²) in [6.45, 7) is 0. The van der Waals surface area contributed by atoms with Gasteiger partial charge in [0, 0.05) is 11.3 Å². The molecule has 1 aromatic heterocycles. The number of hydrogen-bond acceptors (Lipinski definition) is 4. The minimum atomic E-state index is -0.126. The number of nitrogens with one attached hydrogen (secondary N) is 2. The number of thiocarbonyl (C=S) groups is 1. The van der Waals surface area contributed by atoms with E-state index in [9.17, 15) is 10.1 Å². The number of carbonyl (C=O) groups is 1. The number of fused-ring (bicyclic) bond motifs is 1. The molecule has 0 atom stereocenters. The Morgan fingerprint density at radius 1 is 1.29 bits per heavy atom. The van der Waals surface area contributed by atoms with Gasteiger partial charge in [-0.25, -0.2) is 0 Å². The quantitative estimate of drug-likeness (QED) is 0.823. The van der Waals surface area contributed by atoms with E-state index in [0.717, 1.165) is 35.4 Å². The zero-order valence-corrected chi connectivity index (χ0v) is 14.7. The minimum Gasteiger partial charge on any atom is -0.323 e. The van der Waals surface area contributed by atoms with Crippen molar-refractivity contribution >= 4 is 39.6 Å². The van der Waals surface area contributed by atoms with Gasteiger partial charge in [-0.05, 0) is 49.0 Å². The number of anilines is 1. The standard InChI is InChI=1S/C18H17N3OS2/c19-11-14-13-7-4-8-15(13)24-17(14)21-18(23)20-16(22)10-9-12-5-2-1-3-6-12/h1-3,5-6H,4,7-10H2,(H2,20,21,22,23). The summed E-state index contributed by atoms with van der Waals surface area (Å²) in [4.78, 5) is 13.3. The van der Waals surface area contributed by atoms with Gasteiger partial charge >= 0.3 is 0 Å². The molecule has 1 aliphatic carbocycles. The zero-order valence-electron chi connectivity index (χ0n) is 13.1. The molecule has 2 aromatic rings. The van der Waals surface area contributed by atoms with Gasteiger partial charge in [-0.3, -0.25) is 4.79 Å². The fraction of sp³-hybridized carbons (Fsp3) is 0.278. The monoisotopic (exact) mass is 355 g/mol. The third-order valence-electron chi connectivity index (χ3n) is 4.00. The summed E-state index contributed by atoms with van der Waals surface area (Å²) in [5.41, 5.74) is 2.93. The summed E-state index contributed by atoms with van der Waals surface area (Å²) in [5.74, 6) is -0.126. The van der Waals surface area contributed by atoms with Crippen molar-refractivity contribution in [3.05, 3.63) is 51.9 Å². The minimum absolute atomic E-state index is 0.126. The first kappa shape index (κ1) is 16.6. The Hall–Kier alpha value is -2.23. The molecule has 0 bridgehead atoms. The largest absolute Gasteiger partial charge is 0.323 e. The molecule has 0 saturated carbocycles. The van der Waals surface area contributed by atoms with Crippen molar-refractivity contribution in [1.82, 2.24) is 5.32 Å². The number of nitrogens with zero attached hydrogens (tertiary/aromatic N) is 1. The van der Waals surface area contributed by atoms with Gasteiger partial charge in [0.15, 0.2) is 5.11 Å². The Morgan fingerprint density at radius 2 is 2.08 bits per heavy atom. The van der Waals surface area contributed by atoms with Gasteiger partial charge in [0.2, 0.25) is 5.91 Å². The van der Waals surface area contributed by atoms with Crippen LogP contribution in [0.2, 0.25) is 0 Å². The predicted octanol–water partition coefficient (Wildman–Crippen LogP) is 3.55. The molecule has 6 heteroatoms. The second-order valence-electron chi connectivity index (χ2n) is 5.66. The van der Waals surface area contributed by atoms with E-state index in [4.69, 9.17) is 12.2 Å². The number of rotatable bonds is 4. The number of benzene rings is 1. The molecule has 1 heterocycles. The van der Waals surface area contributed by atoms with Crippen LogP contribution in [0.4, 0.5) is 5.00 Å². The Kier molecular flexibility index (Phi) is 5.24. The maximum atomic E-state index is 12.0. The summed E-state index contributed by atoms with van der Waals surface area (Å²) < 4.78 is 0. The summed E-state index contributed by atoms with van der Waals surface area (Å²) in [6.07, 6.45) is 4.12. The molecular weight excluding hydrogens is 338 g/mol. The Balaban J connectivity index is 1.54. The normalized spacial score (nSPS) is 12.3. The molecule has 0 fully saturated rings. The highest BCUT2D eigenvalue weighted by atomic mass is 32.1. The van der Waals surface area contributed by atoms with Crippen molar-refractivity contribution in [2.75, 3.05) is 5.32 Å². The topological polar surface area (TPSA) is 64.9 Å². The van der Waals surface area contributed by atoms with Crippen LogP contribution in [-0.4, -0.2) is 11.0 Å². The molecule has 3 rings (SSSR count). The van der Waals surface area contributed by atoms with Crippen LogP contribution in [0.5, 0.6) is 0 Å². The fourth-order valence-electron chi connectivity index (χ4n) is 2.84. The Labute approximate surface area is 150 Å². The van der Waals surface area contributed by atoms with Crippen LogP contribution in [0, 0.1) is 11.3 Å². The van der Waals surface area contributed by atoms with Crippen LogP contribution in [0.25, 0.3) is 0 Å². The molecule has 1 aromatic carbocycles. The molecule has 0 radical (unpaired) electrons. The van der Waals surface area contributed by atoms with Gasteiger partial charge in [0.1, 0.15) is 11.1 Å². The van der Waals surface area contributed by atoms with Crippen molar-refractivity contribution in [2.45, 2.75) is 32.1 Å². The van der Waals surface area contributed by atoms with Crippen LogP contribution < -0.4 is 10.6 Å². The number of carbonyl (C=O) groups excluding carboxylic acids is 1. The van der Waals surface area contributed by atoms with Crippen molar-refractivity contribution < 1.29 is 4.79 Å². The molecule has 0 saturated heterocycles. The van der Waals surface area contributed by atoms with E-state index in [1.165, 1.54) is 4.88 Å². The van der Waals surface area contributed by atoms with E-state index in [-0.39, 0.29) is 11.0 Å². The SMILES string of the molecule is N#Cc1c(NC(=S)NC(=O)CCc2ccccc2)sc2c1CCC2. The molecule has 4 nitrogen and oxygen atoms in total. The second-order valence-corrected chi connectivity index (χ2v) is 7.17. The van der Waals surface area contributed by atoms with Crippen LogP contribution >= 0.6 is 23.6 Å². The number of nitriles is 1. The first-order chi connectivity index (χ1) is 11.7. The van der Waals surface area contributed by atoms with E-state index in [2.05, 4.69) is 16.7 Å². The Bertz CT molecular complexity index is 806. The third-order valence-corrected chi connectivity index (χ3v) is 5.41. The smallest absolute Gasteiger partial charge is 0.226 e. The first-order valence-electron chi connectivity index (χ1n) is 7.87. The number of amides is 1. The summed E-state index contributed by atoms with van der Waals surface area (Å²) in [6, 6.07) is 12.1. The molecule has 24 heavy (non-hydrogen) atoms. The summed E-state index contributed by atoms with van der Waals surface area (Å²) in [5, 5.41) is 16.1. The number of aryl methyl sites for hydroxylation is 2. The maximum absolute atomic E-state index is 12.0.